The zero-order valence-electron chi connectivity index (χ0n) is 12.3. The van der Waals surface area contributed by atoms with Gasteiger partial charge in [-0.2, -0.15) is 0 Å². The first-order valence-corrected chi connectivity index (χ1v) is 7.40. The van der Waals surface area contributed by atoms with Crippen LogP contribution in [0.4, 0.5) is 0 Å². The minimum Gasteiger partial charge on any atom is -0.496 e. The van der Waals surface area contributed by atoms with E-state index >= 15 is 0 Å². The number of aliphatic hydroxyl groups is 1. The molecule has 2 rings (SSSR count). The van der Waals surface area contributed by atoms with E-state index in [0.717, 1.165) is 51.3 Å². The van der Waals surface area contributed by atoms with Crippen molar-refractivity contribution in [3.05, 3.63) is 29.8 Å². The van der Waals surface area contributed by atoms with Crippen molar-refractivity contribution in [2.75, 3.05) is 33.4 Å². The second-order valence-corrected chi connectivity index (χ2v) is 5.26. The number of methoxy groups -OCH3 is 1. The van der Waals surface area contributed by atoms with Gasteiger partial charge < -0.3 is 14.6 Å². The Kier molecular flexibility index (Phi) is 6.30. The first kappa shape index (κ1) is 15.3. The van der Waals surface area contributed by atoms with Crippen LogP contribution in [0.2, 0.25) is 0 Å². The Hall–Kier alpha value is -1.10. The minimum absolute atomic E-state index is 0.230. The highest BCUT2D eigenvalue weighted by Crippen LogP contribution is 2.21. The Morgan fingerprint density at radius 1 is 1.40 bits per heavy atom. The zero-order valence-corrected chi connectivity index (χ0v) is 12.3. The van der Waals surface area contributed by atoms with Gasteiger partial charge in [0.15, 0.2) is 0 Å². The van der Waals surface area contributed by atoms with E-state index in [0.29, 0.717) is 6.10 Å². The van der Waals surface area contributed by atoms with Gasteiger partial charge in [-0.15, -0.1) is 0 Å². The molecule has 20 heavy (non-hydrogen) atoms. The molecule has 0 radical (unpaired) electrons. The number of nitrogens with zero attached hydrogens (tertiary/aromatic N) is 1. The van der Waals surface area contributed by atoms with Crippen molar-refractivity contribution in [1.29, 1.82) is 0 Å². The molecule has 112 valence electrons. The Balaban J connectivity index is 1.97. The van der Waals surface area contributed by atoms with Crippen molar-refractivity contribution in [2.45, 2.75) is 31.9 Å². The summed E-state index contributed by atoms with van der Waals surface area (Å²) in [7, 11) is 1.71. The highest BCUT2D eigenvalue weighted by Gasteiger charge is 2.19. The molecular weight excluding hydrogens is 254 g/mol. The fraction of sp³-hybridized carbons (Fsp3) is 0.625. The average Bonchev–Trinajstić information content (AvgIpc) is 2.98. The number of benzene rings is 1. The van der Waals surface area contributed by atoms with E-state index < -0.39 is 0 Å². The molecule has 1 fully saturated rings. The average molecular weight is 279 g/mol. The Morgan fingerprint density at radius 3 is 2.95 bits per heavy atom. The smallest absolute Gasteiger partial charge is 0.123 e. The van der Waals surface area contributed by atoms with Crippen LogP contribution >= 0.6 is 0 Å². The summed E-state index contributed by atoms with van der Waals surface area (Å²) in [5, 5.41) is 9.06. The molecule has 1 aliphatic heterocycles. The molecule has 1 unspecified atom stereocenters. The Morgan fingerprint density at radius 2 is 2.25 bits per heavy atom. The van der Waals surface area contributed by atoms with Crippen LogP contribution in [0.3, 0.4) is 0 Å². The highest BCUT2D eigenvalue weighted by molar-refractivity contribution is 5.33. The second-order valence-electron chi connectivity index (χ2n) is 5.26. The van der Waals surface area contributed by atoms with E-state index in [9.17, 15) is 0 Å². The third-order valence-corrected chi connectivity index (χ3v) is 3.70. The van der Waals surface area contributed by atoms with Crippen molar-refractivity contribution in [2.24, 2.45) is 0 Å². The monoisotopic (exact) mass is 279 g/mol. The number of rotatable bonds is 8. The van der Waals surface area contributed by atoms with E-state index in [-0.39, 0.29) is 6.61 Å². The van der Waals surface area contributed by atoms with Gasteiger partial charge in [0.25, 0.3) is 0 Å². The summed E-state index contributed by atoms with van der Waals surface area (Å²) in [5.74, 6) is 0.925. The van der Waals surface area contributed by atoms with Gasteiger partial charge in [-0.05, 0) is 25.3 Å². The van der Waals surface area contributed by atoms with Gasteiger partial charge >= 0.3 is 0 Å². The summed E-state index contributed by atoms with van der Waals surface area (Å²) < 4.78 is 11.1. The Bertz CT molecular complexity index is 391. The number of ether oxygens (including phenoxy) is 2. The summed E-state index contributed by atoms with van der Waals surface area (Å²) in [6.07, 6.45) is 3.43. The van der Waals surface area contributed by atoms with Gasteiger partial charge in [0.05, 0.1) is 13.2 Å². The van der Waals surface area contributed by atoms with Gasteiger partial charge in [-0.3, -0.25) is 4.90 Å². The van der Waals surface area contributed by atoms with Crippen molar-refractivity contribution in [3.63, 3.8) is 0 Å². The summed E-state index contributed by atoms with van der Waals surface area (Å²) in [6.45, 7) is 3.76. The van der Waals surface area contributed by atoms with Gasteiger partial charge in [0.2, 0.25) is 0 Å². The van der Waals surface area contributed by atoms with E-state index in [1.54, 1.807) is 7.11 Å². The first-order valence-electron chi connectivity index (χ1n) is 7.40. The normalized spacial score (nSPS) is 18.6. The Labute approximate surface area is 121 Å². The van der Waals surface area contributed by atoms with Gasteiger partial charge in [0.1, 0.15) is 5.75 Å². The highest BCUT2D eigenvalue weighted by atomic mass is 16.5. The molecule has 0 aliphatic carbocycles. The lowest BCUT2D eigenvalue weighted by Crippen LogP contribution is -2.33. The van der Waals surface area contributed by atoms with Crippen LogP contribution < -0.4 is 4.74 Å². The van der Waals surface area contributed by atoms with Crippen LogP contribution in [0.25, 0.3) is 0 Å². The van der Waals surface area contributed by atoms with Crippen LogP contribution in [0.5, 0.6) is 5.75 Å². The molecule has 1 N–H and O–H groups in total. The zero-order chi connectivity index (χ0) is 14.2. The molecule has 1 saturated heterocycles. The molecule has 1 heterocycles. The molecular formula is C16H25NO3. The van der Waals surface area contributed by atoms with Crippen LogP contribution in [0, 0.1) is 0 Å². The van der Waals surface area contributed by atoms with Crippen molar-refractivity contribution in [1.82, 2.24) is 4.90 Å². The lowest BCUT2D eigenvalue weighted by Gasteiger charge is -2.25. The van der Waals surface area contributed by atoms with Crippen LogP contribution in [-0.2, 0) is 11.3 Å². The minimum atomic E-state index is 0.230. The molecule has 0 saturated carbocycles. The summed E-state index contributed by atoms with van der Waals surface area (Å²) in [6, 6.07) is 8.11. The third-order valence-electron chi connectivity index (χ3n) is 3.70. The van der Waals surface area contributed by atoms with E-state index in [1.807, 2.05) is 18.2 Å². The molecule has 0 aromatic heterocycles. The molecule has 1 aromatic rings. The molecule has 1 aromatic carbocycles. The lowest BCUT2D eigenvalue weighted by molar-refractivity contribution is 0.0679. The van der Waals surface area contributed by atoms with Crippen LogP contribution in [-0.4, -0.2) is 49.5 Å². The van der Waals surface area contributed by atoms with E-state index in [2.05, 4.69) is 11.0 Å². The number of para-hydroxylation sites is 1. The molecule has 0 spiro atoms. The maximum absolute atomic E-state index is 9.06. The maximum atomic E-state index is 9.06. The number of hydrogen-bond donors (Lipinski definition) is 1. The summed E-state index contributed by atoms with van der Waals surface area (Å²) in [4.78, 5) is 2.35. The molecule has 1 atom stereocenters. The van der Waals surface area contributed by atoms with E-state index in [4.69, 9.17) is 14.6 Å². The largest absolute Gasteiger partial charge is 0.496 e. The molecule has 4 heteroatoms. The van der Waals surface area contributed by atoms with Crippen LogP contribution in [0.1, 0.15) is 24.8 Å². The topological polar surface area (TPSA) is 41.9 Å². The fourth-order valence-electron chi connectivity index (χ4n) is 2.68. The van der Waals surface area contributed by atoms with Crippen LogP contribution in [0.15, 0.2) is 24.3 Å². The first-order chi connectivity index (χ1) is 9.83. The van der Waals surface area contributed by atoms with Crippen molar-refractivity contribution < 1.29 is 14.6 Å². The molecule has 1 aliphatic rings. The van der Waals surface area contributed by atoms with Crippen molar-refractivity contribution >= 4 is 0 Å². The fourth-order valence-corrected chi connectivity index (χ4v) is 2.68. The standard InChI is InChI=1S/C16H25NO3/c1-19-16-8-3-2-6-14(16)12-17(9-5-10-18)13-15-7-4-11-20-15/h2-3,6,8,15,18H,4-5,7,9-13H2,1H3. The quantitative estimate of drug-likeness (QED) is 0.791. The van der Waals surface area contributed by atoms with Crippen molar-refractivity contribution in [3.8, 4) is 5.75 Å². The third kappa shape index (κ3) is 4.47. The van der Waals surface area contributed by atoms with Gasteiger partial charge in [0, 0.05) is 38.4 Å². The predicted molar refractivity (Wildman–Crippen MR) is 78.9 cm³/mol. The number of aliphatic hydroxyl groups excluding tert-OH is 1. The summed E-state index contributed by atoms with van der Waals surface area (Å²) in [5.41, 5.74) is 1.19. The number of hydrogen-bond acceptors (Lipinski definition) is 4. The van der Waals surface area contributed by atoms with E-state index in [1.165, 1.54) is 5.56 Å². The molecule has 4 nitrogen and oxygen atoms in total. The predicted octanol–water partition coefficient (Wildman–Crippen LogP) is 2.06. The summed E-state index contributed by atoms with van der Waals surface area (Å²) >= 11 is 0. The molecule has 0 amide bonds. The molecule has 0 bridgehead atoms. The van der Waals surface area contributed by atoms with Gasteiger partial charge in [-0.1, -0.05) is 18.2 Å². The maximum Gasteiger partial charge on any atom is 0.123 e. The SMILES string of the molecule is COc1ccccc1CN(CCCO)CC1CCCO1. The second kappa shape index (κ2) is 8.25. The lowest BCUT2D eigenvalue weighted by atomic mass is 10.1. The van der Waals surface area contributed by atoms with Gasteiger partial charge in [-0.25, -0.2) is 0 Å².